The van der Waals surface area contributed by atoms with Crippen LogP contribution in [-0.4, -0.2) is 22.1 Å². The van der Waals surface area contributed by atoms with Crippen molar-refractivity contribution in [1.82, 2.24) is 10.3 Å². The molecule has 1 aliphatic carbocycles. The fourth-order valence-corrected chi connectivity index (χ4v) is 2.11. The molecule has 1 aromatic heterocycles. The number of fused-ring (bicyclic) bond motifs is 1. The zero-order valence-corrected chi connectivity index (χ0v) is 9.31. The fraction of sp³-hybridized carbons (Fsp3) is 0.308. The second-order valence-corrected chi connectivity index (χ2v) is 4.50. The summed E-state index contributed by atoms with van der Waals surface area (Å²) >= 11 is 0. The Balaban J connectivity index is 2.01. The predicted octanol–water partition coefficient (Wildman–Crippen LogP) is 2.05. The number of aliphatic carboxylic acids is 1. The third kappa shape index (κ3) is 1.91. The standard InChI is InChI=1S/C13H14N2O2/c16-13(17)12(15-8-5-6-8)10-7-14-11-4-2-1-3-9(10)11/h1-4,7-8,12,14-15H,5-6H2,(H,16,17)/t12-/m1/s1. The fourth-order valence-electron chi connectivity index (χ4n) is 2.11. The van der Waals surface area contributed by atoms with Crippen molar-refractivity contribution in [2.75, 3.05) is 0 Å². The molecule has 1 heterocycles. The van der Waals surface area contributed by atoms with Gasteiger partial charge in [-0.2, -0.15) is 0 Å². The van der Waals surface area contributed by atoms with E-state index in [0.29, 0.717) is 6.04 Å². The number of hydrogen-bond acceptors (Lipinski definition) is 2. The topological polar surface area (TPSA) is 65.1 Å². The third-order valence-electron chi connectivity index (χ3n) is 3.16. The van der Waals surface area contributed by atoms with E-state index in [1.54, 1.807) is 6.20 Å². The van der Waals surface area contributed by atoms with E-state index in [1.807, 2.05) is 24.3 Å². The van der Waals surface area contributed by atoms with E-state index in [2.05, 4.69) is 10.3 Å². The molecule has 4 nitrogen and oxygen atoms in total. The van der Waals surface area contributed by atoms with Crippen LogP contribution in [0.2, 0.25) is 0 Å². The highest BCUT2D eigenvalue weighted by molar-refractivity contribution is 5.89. The largest absolute Gasteiger partial charge is 0.480 e. The number of H-pyrrole nitrogens is 1. The Hall–Kier alpha value is -1.81. The monoisotopic (exact) mass is 230 g/mol. The lowest BCUT2D eigenvalue weighted by Crippen LogP contribution is -2.29. The maximum Gasteiger partial charge on any atom is 0.325 e. The predicted molar refractivity (Wildman–Crippen MR) is 64.8 cm³/mol. The van der Waals surface area contributed by atoms with Crippen LogP contribution in [0.5, 0.6) is 0 Å². The Morgan fingerprint density at radius 1 is 1.41 bits per heavy atom. The zero-order chi connectivity index (χ0) is 11.8. The molecule has 0 saturated heterocycles. The van der Waals surface area contributed by atoms with Crippen molar-refractivity contribution in [3.05, 3.63) is 36.0 Å². The summed E-state index contributed by atoms with van der Waals surface area (Å²) in [6.07, 6.45) is 3.94. The van der Waals surface area contributed by atoms with Gasteiger partial charge in [0.15, 0.2) is 0 Å². The molecule has 3 rings (SSSR count). The third-order valence-corrected chi connectivity index (χ3v) is 3.16. The highest BCUT2D eigenvalue weighted by Crippen LogP contribution is 2.28. The zero-order valence-electron chi connectivity index (χ0n) is 9.31. The van der Waals surface area contributed by atoms with Gasteiger partial charge in [-0.3, -0.25) is 10.1 Å². The molecule has 3 N–H and O–H groups in total. The van der Waals surface area contributed by atoms with E-state index in [9.17, 15) is 9.90 Å². The molecule has 0 radical (unpaired) electrons. The van der Waals surface area contributed by atoms with E-state index in [4.69, 9.17) is 0 Å². The highest BCUT2D eigenvalue weighted by atomic mass is 16.4. The van der Waals surface area contributed by atoms with Gasteiger partial charge in [0, 0.05) is 28.7 Å². The summed E-state index contributed by atoms with van der Waals surface area (Å²) in [6.45, 7) is 0. The van der Waals surface area contributed by atoms with Crippen LogP contribution in [-0.2, 0) is 4.79 Å². The molecule has 1 aromatic carbocycles. The van der Waals surface area contributed by atoms with Gasteiger partial charge in [0.1, 0.15) is 6.04 Å². The van der Waals surface area contributed by atoms with Crippen LogP contribution in [0.4, 0.5) is 0 Å². The second-order valence-electron chi connectivity index (χ2n) is 4.50. The SMILES string of the molecule is O=C(O)[C@H](NC1CC1)c1c[nH]c2ccccc12. The number of benzene rings is 1. The second kappa shape index (κ2) is 3.89. The van der Waals surface area contributed by atoms with E-state index in [0.717, 1.165) is 29.3 Å². The Labute approximate surface area is 98.6 Å². The average Bonchev–Trinajstić information content (AvgIpc) is 3.05. The van der Waals surface area contributed by atoms with Gasteiger partial charge in [-0.25, -0.2) is 0 Å². The van der Waals surface area contributed by atoms with Gasteiger partial charge in [-0.15, -0.1) is 0 Å². The molecule has 1 aliphatic rings. The lowest BCUT2D eigenvalue weighted by atomic mass is 10.1. The number of aromatic nitrogens is 1. The summed E-state index contributed by atoms with van der Waals surface area (Å²) in [6, 6.07) is 7.52. The van der Waals surface area contributed by atoms with Gasteiger partial charge in [0.2, 0.25) is 0 Å². The Morgan fingerprint density at radius 3 is 2.88 bits per heavy atom. The van der Waals surface area contributed by atoms with E-state index in [-0.39, 0.29) is 0 Å². The Bertz CT molecular complexity index is 557. The summed E-state index contributed by atoms with van der Waals surface area (Å²) in [4.78, 5) is 14.4. The molecule has 2 aromatic rings. The van der Waals surface area contributed by atoms with Crippen LogP contribution >= 0.6 is 0 Å². The lowest BCUT2D eigenvalue weighted by molar-refractivity contribution is -0.139. The maximum atomic E-state index is 11.3. The van der Waals surface area contributed by atoms with Gasteiger partial charge in [-0.1, -0.05) is 18.2 Å². The van der Waals surface area contributed by atoms with Gasteiger partial charge in [-0.05, 0) is 18.9 Å². The van der Waals surface area contributed by atoms with Crippen LogP contribution in [0, 0.1) is 0 Å². The number of hydrogen-bond donors (Lipinski definition) is 3. The number of rotatable bonds is 4. The number of nitrogens with one attached hydrogen (secondary N) is 2. The van der Waals surface area contributed by atoms with Crippen molar-refractivity contribution in [3.63, 3.8) is 0 Å². The minimum atomic E-state index is -0.818. The maximum absolute atomic E-state index is 11.3. The molecule has 0 aliphatic heterocycles. The van der Waals surface area contributed by atoms with Crippen molar-refractivity contribution in [2.24, 2.45) is 0 Å². The number of para-hydroxylation sites is 1. The normalized spacial score (nSPS) is 17.2. The molecule has 88 valence electrons. The van der Waals surface area contributed by atoms with Crippen molar-refractivity contribution >= 4 is 16.9 Å². The van der Waals surface area contributed by atoms with Gasteiger partial charge >= 0.3 is 5.97 Å². The van der Waals surface area contributed by atoms with Crippen LogP contribution in [0.15, 0.2) is 30.5 Å². The van der Waals surface area contributed by atoms with E-state index in [1.165, 1.54) is 0 Å². The van der Waals surface area contributed by atoms with E-state index >= 15 is 0 Å². The lowest BCUT2D eigenvalue weighted by Gasteiger charge is -2.13. The number of carbonyl (C=O) groups is 1. The molecule has 1 fully saturated rings. The van der Waals surface area contributed by atoms with Gasteiger partial charge in [0.05, 0.1) is 0 Å². The summed E-state index contributed by atoms with van der Waals surface area (Å²) in [7, 11) is 0. The highest BCUT2D eigenvalue weighted by Gasteiger charge is 2.30. The van der Waals surface area contributed by atoms with Crippen molar-refractivity contribution in [3.8, 4) is 0 Å². The minimum Gasteiger partial charge on any atom is -0.480 e. The molecule has 0 unspecified atom stereocenters. The van der Waals surface area contributed by atoms with E-state index < -0.39 is 12.0 Å². The van der Waals surface area contributed by atoms with Crippen molar-refractivity contribution in [2.45, 2.75) is 24.9 Å². The molecule has 1 saturated carbocycles. The minimum absolute atomic E-state index is 0.366. The molecule has 0 spiro atoms. The summed E-state index contributed by atoms with van der Waals surface area (Å²) in [5.74, 6) is -0.818. The first-order chi connectivity index (χ1) is 8.25. The Morgan fingerprint density at radius 2 is 2.18 bits per heavy atom. The average molecular weight is 230 g/mol. The number of carboxylic acids is 1. The summed E-state index contributed by atoms with van der Waals surface area (Å²) in [5, 5.41) is 13.4. The molecule has 17 heavy (non-hydrogen) atoms. The molecule has 0 amide bonds. The van der Waals surface area contributed by atoms with Gasteiger partial charge in [0.25, 0.3) is 0 Å². The first-order valence-corrected chi connectivity index (χ1v) is 5.80. The van der Waals surface area contributed by atoms with Crippen LogP contribution < -0.4 is 5.32 Å². The number of aromatic amines is 1. The van der Waals surface area contributed by atoms with Crippen LogP contribution in [0.1, 0.15) is 24.4 Å². The van der Waals surface area contributed by atoms with Crippen LogP contribution in [0.25, 0.3) is 10.9 Å². The van der Waals surface area contributed by atoms with Crippen LogP contribution in [0.3, 0.4) is 0 Å². The molecule has 0 bridgehead atoms. The van der Waals surface area contributed by atoms with Crippen molar-refractivity contribution in [1.29, 1.82) is 0 Å². The summed E-state index contributed by atoms with van der Waals surface area (Å²) < 4.78 is 0. The number of carboxylic acid groups (broad SMARTS) is 1. The van der Waals surface area contributed by atoms with Gasteiger partial charge < -0.3 is 10.1 Å². The first-order valence-electron chi connectivity index (χ1n) is 5.80. The summed E-state index contributed by atoms with van der Waals surface area (Å²) in [5.41, 5.74) is 1.80. The smallest absolute Gasteiger partial charge is 0.325 e. The van der Waals surface area contributed by atoms with Crippen molar-refractivity contribution < 1.29 is 9.90 Å². The Kier molecular flexibility index (Phi) is 2.37. The molecule has 4 heteroatoms. The molecular formula is C13H14N2O2. The first kappa shape index (κ1) is 10.4. The molecule has 1 atom stereocenters. The quantitative estimate of drug-likeness (QED) is 0.753. The molecular weight excluding hydrogens is 216 g/mol.